The van der Waals surface area contributed by atoms with Crippen molar-refractivity contribution in [1.82, 2.24) is 15.1 Å². The summed E-state index contributed by atoms with van der Waals surface area (Å²) < 4.78 is 6.16. The van der Waals surface area contributed by atoms with Gasteiger partial charge in [0.05, 0.1) is 12.0 Å². The van der Waals surface area contributed by atoms with Gasteiger partial charge in [-0.3, -0.25) is 9.59 Å². The first-order valence-corrected chi connectivity index (χ1v) is 8.24. The van der Waals surface area contributed by atoms with Crippen molar-refractivity contribution >= 4 is 22.6 Å². The number of nitrogens with zero attached hydrogens (tertiary/aromatic N) is 2. The average Bonchev–Trinajstić information content (AvgIpc) is 2.57. The monoisotopic (exact) mass is 361 g/mol. The number of carbonyl (C=O) groups excluding carboxylic acids is 1. The molecule has 8 nitrogen and oxygen atoms in total. The van der Waals surface area contributed by atoms with Crippen molar-refractivity contribution in [2.24, 2.45) is 5.92 Å². The molecule has 140 valence electrons. The van der Waals surface area contributed by atoms with E-state index in [0.717, 1.165) is 0 Å². The fraction of sp³-hybridized carbons (Fsp3) is 0.444. The van der Waals surface area contributed by atoms with Gasteiger partial charge >= 0.3 is 5.97 Å². The summed E-state index contributed by atoms with van der Waals surface area (Å²) in [4.78, 5) is 36.9. The maximum absolute atomic E-state index is 12.8. The number of amides is 1. The predicted molar refractivity (Wildman–Crippen MR) is 96.2 cm³/mol. The molecule has 26 heavy (non-hydrogen) atoms. The van der Waals surface area contributed by atoms with E-state index in [9.17, 15) is 19.5 Å². The third kappa shape index (κ3) is 3.91. The second-order valence-electron chi connectivity index (χ2n) is 6.80. The van der Waals surface area contributed by atoms with E-state index in [2.05, 4.69) is 10.4 Å². The zero-order valence-corrected chi connectivity index (χ0v) is 15.3. The highest BCUT2D eigenvalue weighted by molar-refractivity contribution is 6.06. The largest absolute Gasteiger partial charge is 0.479 e. The Morgan fingerprint density at radius 3 is 2.46 bits per heavy atom. The number of carboxylic acid groups (broad SMARTS) is 1. The van der Waals surface area contributed by atoms with Gasteiger partial charge in [0.25, 0.3) is 11.5 Å². The molecule has 1 unspecified atom stereocenters. The molecule has 1 amide bonds. The number of fused-ring (bicyclic) bond motifs is 1. The molecule has 8 heteroatoms. The van der Waals surface area contributed by atoms with Gasteiger partial charge in [-0.1, -0.05) is 32.0 Å². The molecule has 0 aliphatic carbocycles. The number of nitrogens with one attached hydrogen (secondary N) is 1. The molecular formula is C18H23N3O5. The minimum Gasteiger partial charge on any atom is -0.479 e. The molecule has 0 saturated carbocycles. The minimum atomic E-state index is -1.62. The van der Waals surface area contributed by atoms with Crippen LogP contribution in [0.3, 0.4) is 0 Å². The number of methoxy groups -OCH3 is 1. The highest BCUT2D eigenvalue weighted by atomic mass is 16.5. The molecule has 2 N–H and O–H groups in total. The smallest absolute Gasteiger partial charge is 0.331 e. The number of hydrogen-bond acceptors (Lipinski definition) is 5. The van der Waals surface area contributed by atoms with Gasteiger partial charge in [-0.15, -0.1) is 0 Å². The normalized spacial score (nSPS) is 13.6. The predicted octanol–water partition coefficient (Wildman–Crippen LogP) is 1.27. The van der Waals surface area contributed by atoms with Crippen molar-refractivity contribution < 1.29 is 19.4 Å². The molecule has 0 saturated heterocycles. The Kier molecular flexibility index (Phi) is 5.76. The van der Waals surface area contributed by atoms with Gasteiger partial charge in [-0.05, 0) is 18.9 Å². The van der Waals surface area contributed by atoms with Crippen LogP contribution in [0.4, 0.5) is 0 Å². The van der Waals surface area contributed by atoms with Crippen LogP contribution in [0.15, 0.2) is 29.1 Å². The highest BCUT2D eigenvalue weighted by Gasteiger charge is 2.36. The van der Waals surface area contributed by atoms with Crippen LogP contribution in [0.1, 0.15) is 31.3 Å². The van der Waals surface area contributed by atoms with Crippen molar-refractivity contribution in [2.75, 3.05) is 13.7 Å². The van der Waals surface area contributed by atoms with Gasteiger partial charge in [0.1, 0.15) is 0 Å². The van der Waals surface area contributed by atoms with Crippen LogP contribution in [0.25, 0.3) is 10.8 Å². The third-order valence-corrected chi connectivity index (χ3v) is 3.92. The Bertz CT molecular complexity index is 890. The maximum atomic E-state index is 12.8. The average molecular weight is 361 g/mol. The standard InChI is InChI=1S/C18H23N3O5/c1-11(2)9-21-16(23)13-8-6-5-7-12(13)14(20-21)15(22)19-18(3,10-26-4)17(24)25/h5-8,11H,9-10H2,1-4H3,(H,19,22)(H,24,25). The number of rotatable bonds is 7. The fourth-order valence-corrected chi connectivity index (χ4v) is 2.62. The first-order valence-electron chi connectivity index (χ1n) is 8.24. The summed E-state index contributed by atoms with van der Waals surface area (Å²) in [5, 5.41) is 16.8. The van der Waals surface area contributed by atoms with Crippen LogP contribution < -0.4 is 10.9 Å². The molecule has 1 atom stereocenters. The number of hydrogen-bond donors (Lipinski definition) is 2. The first kappa shape index (κ1) is 19.6. The van der Waals surface area contributed by atoms with E-state index < -0.39 is 17.4 Å². The van der Waals surface area contributed by atoms with E-state index in [-0.39, 0.29) is 23.8 Å². The Morgan fingerprint density at radius 1 is 1.31 bits per heavy atom. The lowest BCUT2D eigenvalue weighted by Gasteiger charge is -2.25. The van der Waals surface area contributed by atoms with Crippen molar-refractivity contribution in [2.45, 2.75) is 32.9 Å². The molecular weight excluding hydrogens is 338 g/mol. The molecule has 0 fully saturated rings. The van der Waals surface area contributed by atoms with E-state index >= 15 is 0 Å². The van der Waals surface area contributed by atoms with Gasteiger partial charge in [0.15, 0.2) is 11.2 Å². The Labute approximate surface area is 150 Å². The lowest BCUT2D eigenvalue weighted by molar-refractivity contribution is -0.145. The molecule has 1 aromatic heterocycles. The summed E-state index contributed by atoms with van der Waals surface area (Å²) in [7, 11) is 1.35. The van der Waals surface area contributed by atoms with E-state index in [4.69, 9.17) is 4.74 Å². The van der Waals surface area contributed by atoms with Crippen LogP contribution >= 0.6 is 0 Å². The molecule has 0 bridgehead atoms. The second kappa shape index (κ2) is 7.65. The molecule has 0 spiro atoms. The van der Waals surface area contributed by atoms with Crippen molar-refractivity contribution in [1.29, 1.82) is 0 Å². The molecule has 2 aromatic rings. The summed E-state index contributed by atoms with van der Waals surface area (Å²) in [5.41, 5.74) is -1.90. The summed E-state index contributed by atoms with van der Waals surface area (Å²) in [6, 6.07) is 6.64. The van der Waals surface area contributed by atoms with Gasteiger partial charge < -0.3 is 15.2 Å². The van der Waals surface area contributed by atoms with Crippen molar-refractivity contribution in [3.8, 4) is 0 Å². The number of ether oxygens (including phenoxy) is 1. The summed E-state index contributed by atoms with van der Waals surface area (Å²) in [6.07, 6.45) is 0. The van der Waals surface area contributed by atoms with Crippen LogP contribution in [0.5, 0.6) is 0 Å². The SMILES string of the molecule is COCC(C)(NC(=O)c1nn(CC(C)C)c(=O)c2ccccc12)C(=O)O. The van der Waals surface area contributed by atoms with Crippen LogP contribution in [0.2, 0.25) is 0 Å². The lowest BCUT2D eigenvalue weighted by atomic mass is 10.0. The van der Waals surface area contributed by atoms with E-state index in [1.807, 2.05) is 13.8 Å². The summed E-state index contributed by atoms with van der Waals surface area (Å²) in [6.45, 7) is 5.35. The number of carbonyl (C=O) groups is 2. The number of aliphatic carboxylic acids is 1. The minimum absolute atomic E-state index is 0.00410. The van der Waals surface area contributed by atoms with Crippen molar-refractivity contribution in [3.63, 3.8) is 0 Å². The molecule has 0 aliphatic heterocycles. The van der Waals surface area contributed by atoms with Gasteiger partial charge in [-0.25, -0.2) is 9.48 Å². The number of benzene rings is 1. The topological polar surface area (TPSA) is 111 Å². The zero-order chi connectivity index (χ0) is 19.5. The van der Waals surface area contributed by atoms with Crippen LogP contribution in [0, 0.1) is 5.92 Å². The Balaban J connectivity index is 2.57. The number of carboxylic acids is 1. The van der Waals surface area contributed by atoms with E-state index in [1.54, 1.807) is 24.3 Å². The number of aromatic nitrogens is 2. The van der Waals surface area contributed by atoms with Gasteiger partial charge in [0, 0.05) is 19.0 Å². The fourth-order valence-electron chi connectivity index (χ4n) is 2.62. The first-order chi connectivity index (χ1) is 12.2. The van der Waals surface area contributed by atoms with Crippen molar-refractivity contribution in [3.05, 3.63) is 40.3 Å². The second-order valence-corrected chi connectivity index (χ2v) is 6.80. The Morgan fingerprint density at radius 2 is 1.92 bits per heavy atom. The molecule has 0 aliphatic rings. The quantitative estimate of drug-likeness (QED) is 0.768. The van der Waals surface area contributed by atoms with Gasteiger partial charge in [-0.2, -0.15) is 5.10 Å². The molecule has 0 radical (unpaired) electrons. The van der Waals surface area contributed by atoms with E-state index in [0.29, 0.717) is 17.3 Å². The zero-order valence-electron chi connectivity index (χ0n) is 15.3. The lowest BCUT2D eigenvalue weighted by Crippen LogP contribution is -2.55. The van der Waals surface area contributed by atoms with Crippen LogP contribution in [-0.2, 0) is 16.1 Å². The molecule has 1 aromatic carbocycles. The highest BCUT2D eigenvalue weighted by Crippen LogP contribution is 2.15. The van der Waals surface area contributed by atoms with Gasteiger partial charge in [0.2, 0.25) is 0 Å². The third-order valence-electron chi connectivity index (χ3n) is 3.92. The van der Waals surface area contributed by atoms with E-state index in [1.165, 1.54) is 18.7 Å². The Hall–Kier alpha value is -2.74. The molecule has 1 heterocycles. The summed E-state index contributed by atoms with van der Waals surface area (Å²) in [5.74, 6) is -1.76. The maximum Gasteiger partial charge on any atom is 0.331 e. The summed E-state index contributed by atoms with van der Waals surface area (Å²) >= 11 is 0. The molecule has 2 rings (SSSR count). The van der Waals surface area contributed by atoms with Crippen LogP contribution in [-0.4, -0.2) is 46.0 Å².